The van der Waals surface area contributed by atoms with Crippen LogP contribution >= 0.6 is 34.5 Å². The number of fused-ring (bicyclic) bond motifs is 1. The number of carbonyl (C=O) groups is 2. The molecule has 2 aromatic rings. The van der Waals surface area contributed by atoms with Gasteiger partial charge in [0.25, 0.3) is 5.60 Å². The number of oxime groups is 1. The number of rotatable bonds is 5. The molecule has 1 aromatic heterocycles. The van der Waals surface area contributed by atoms with Crippen LogP contribution in [0, 0.1) is 5.82 Å². The third-order valence-electron chi connectivity index (χ3n) is 7.23. The molecule has 0 saturated carbocycles. The maximum atomic E-state index is 14.5. The van der Waals surface area contributed by atoms with E-state index < -0.39 is 70.4 Å². The lowest BCUT2D eigenvalue weighted by Crippen LogP contribution is -2.44. The van der Waals surface area contributed by atoms with Crippen molar-refractivity contribution in [2.45, 2.75) is 62.5 Å². The molecule has 1 saturated heterocycles. The third-order valence-corrected chi connectivity index (χ3v) is 8.98. The fourth-order valence-corrected chi connectivity index (χ4v) is 6.94. The Morgan fingerprint density at radius 1 is 1.14 bits per heavy atom. The first-order valence-corrected chi connectivity index (χ1v) is 14.1. The van der Waals surface area contributed by atoms with Crippen LogP contribution in [0.5, 0.6) is 5.06 Å². The van der Waals surface area contributed by atoms with Crippen molar-refractivity contribution in [3.63, 3.8) is 0 Å². The monoisotopic (exact) mass is 661 g/mol. The Bertz CT molecular complexity index is 1440. The van der Waals surface area contributed by atoms with E-state index in [2.05, 4.69) is 10.5 Å². The first-order chi connectivity index (χ1) is 19.6. The van der Waals surface area contributed by atoms with E-state index >= 15 is 0 Å². The first kappa shape index (κ1) is 30.7. The summed E-state index contributed by atoms with van der Waals surface area (Å²) in [5, 5.41) is 4.83. The predicted octanol–water partition coefficient (Wildman–Crippen LogP) is 6.91. The lowest BCUT2D eigenvalue weighted by Gasteiger charge is -2.29. The van der Waals surface area contributed by atoms with Gasteiger partial charge in [-0.05, 0) is 49.8 Å². The van der Waals surface area contributed by atoms with Gasteiger partial charge in [-0.2, -0.15) is 26.3 Å². The van der Waals surface area contributed by atoms with Crippen molar-refractivity contribution in [2.24, 2.45) is 5.16 Å². The minimum atomic E-state index is -5.02. The van der Waals surface area contributed by atoms with Gasteiger partial charge < -0.3 is 19.8 Å². The van der Waals surface area contributed by atoms with Crippen LogP contribution in [0.3, 0.4) is 0 Å². The Morgan fingerprint density at radius 2 is 1.79 bits per heavy atom. The molecule has 3 heterocycles. The van der Waals surface area contributed by atoms with Crippen molar-refractivity contribution in [3.05, 3.63) is 49.6 Å². The molecule has 1 fully saturated rings. The maximum Gasteiger partial charge on any atom is 0.435 e. The molecule has 17 heteroatoms. The highest BCUT2D eigenvalue weighted by Gasteiger charge is 2.63. The number of amides is 2. The van der Waals surface area contributed by atoms with Crippen LogP contribution in [0.4, 0.5) is 35.5 Å². The summed E-state index contributed by atoms with van der Waals surface area (Å²) in [5.41, 5.74) is -2.45. The Morgan fingerprint density at radius 3 is 2.40 bits per heavy atom. The second-order valence-electron chi connectivity index (χ2n) is 10.0. The smallest absolute Gasteiger partial charge is 0.399 e. The zero-order chi connectivity index (χ0) is 30.6. The van der Waals surface area contributed by atoms with Gasteiger partial charge in [0.15, 0.2) is 10.9 Å². The highest BCUT2D eigenvalue weighted by atomic mass is 35.5. The summed E-state index contributed by atoms with van der Waals surface area (Å²) in [6.07, 6.45) is -9.26. The molecule has 0 radical (unpaired) electrons. The molecule has 228 valence electrons. The molecule has 7 nitrogen and oxygen atoms in total. The number of nitrogens with zero attached hydrogens (tertiary/aromatic N) is 2. The first-order valence-electron chi connectivity index (χ1n) is 12.6. The highest BCUT2D eigenvalue weighted by Crippen LogP contribution is 2.52. The number of hydrogen-bond donors (Lipinski definition) is 1. The predicted molar refractivity (Wildman–Crippen MR) is 138 cm³/mol. The summed E-state index contributed by atoms with van der Waals surface area (Å²) < 4.78 is 101. The largest absolute Gasteiger partial charge is 0.435 e. The number of likely N-dealkylation sites (tertiary alicyclic amines) is 1. The van der Waals surface area contributed by atoms with Gasteiger partial charge in [-0.25, -0.2) is 9.18 Å². The molecular weight excluding hydrogens is 642 g/mol. The lowest BCUT2D eigenvalue weighted by atomic mass is 9.86. The fourth-order valence-electron chi connectivity index (χ4n) is 5.23. The second-order valence-corrected chi connectivity index (χ2v) is 11.8. The topological polar surface area (TPSA) is 80.2 Å². The molecule has 1 aromatic carbocycles. The summed E-state index contributed by atoms with van der Waals surface area (Å²) in [6, 6.07) is 0.333. The second kappa shape index (κ2) is 11.1. The molecule has 3 aliphatic rings. The van der Waals surface area contributed by atoms with E-state index in [4.69, 9.17) is 32.8 Å². The maximum absolute atomic E-state index is 14.5. The fraction of sp³-hybridized carbons (Fsp3) is 0.480. The van der Waals surface area contributed by atoms with E-state index in [1.54, 1.807) is 0 Å². The van der Waals surface area contributed by atoms with E-state index in [0.29, 0.717) is 46.6 Å². The molecule has 2 atom stereocenters. The SMILES string of the molecule is O=C(NC1CCN(CC(F)(F)F)C1=O)Oc1sc(C2=NOC(c3cc(Cl)c(F)c(Cl)c3)(C(F)(F)F)C2)c2c1CCCC2. The molecule has 2 aliphatic heterocycles. The lowest BCUT2D eigenvalue weighted by molar-refractivity contribution is -0.275. The third kappa shape index (κ3) is 5.74. The molecule has 1 N–H and O–H groups in total. The van der Waals surface area contributed by atoms with Gasteiger partial charge in [0.05, 0.1) is 21.3 Å². The number of ether oxygens (including phenoxy) is 1. The van der Waals surface area contributed by atoms with Gasteiger partial charge >= 0.3 is 18.4 Å². The van der Waals surface area contributed by atoms with Crippen LogP contribution in [0.2, 0.25) is 10.0 Å². The van der Waals surface area contributed by atoms with Crippen LogP contribution in [-0.2, 0) is 28.1 Å². The molecule has 0 bridgehead atoms. The van der Waals surface area contributed by atoms with E-state index in [1.165, 1.54) is 0 Å². The quantitative estimate of drug-likeness (QED) is 0.279. The molecular formula is C25H20Cl2F7N3O4S. The number of carbonyl (C=O) groups excluding carboxylic acids is 2. The molecule has 2 amide bonds. The number of thiophene rings is 1. The standard InChI is InChI=1S/C25H20Cl2F7N3O4S/c26-14-7-11(8-15(27)18(14)28)23(25(32,33)34)9-17(36-41-23)19-12-3-1-2-4-13(12)21(42-19)40-22(39)35-16-5-6-37(20(16)38)10-24(29,30)31/h7-8,16H,1-6,9-10H2,(H,35,39). The average Bonchev–Trinajstić information content (AvgIpc) is 3.59. The van der Waals surface area contributed by atoms with E-state index in [1.807, 2.05) is 0 Å². The van der Waals surface area contributed by atoms with Crippen LogP contribution in [0.1, 0.15) is 47.3 Å². The van der Waals surface area contributed by atoms with Gasteiger partial charge in [-0.1, -0.05) is 39.7 Å². The number of benzene rings is 1. The van der Waals surface area contributed by atoms with E-state index in [9.17, 15) is 40.3 Å². The normalized spacial score (nSPS) is 22.6. The van der Waals surface area contributed by atoms with Crippen molar-refractivity contribution in [3.8, 4) is 5.06 Å². The molecule has 1 aliphatic carbocycles. The molecule has 5 rings (SSSR count). The van der Waals surface area contributed by atoms with Crippen LogP contribution in [0.25, 0.3) is 0 Å². The van der Waals surface area contributed by atoms with Crippen LogP contribution in [-0.4, -0.2) is 54.1 Å². The van der Waals surface area contributed by atoms with Crippen molar-refractivity contribution in [1.29, 1.82) is 0 Å². The molecule has 2 unspecified atom stereocenters. The van der Waals surface area contributed by atoms with Crippen molar-refractivity contribution >= 4 is 52.3 Å². The van der Waals surface area contributed by atoms with Crippen molar-refractivity contribution < 1.29 is 49.9 Å². The summed E-state index contributed by atoms with van der Waals surface area (Å²) in [7, 11) is 0. The molecule has 42 heavy (non-hydrogen) atoms. The van der Waals surface area contributed by atoms with Gasteiger partial charge in [0.2, 0.25) is 5.91 Å². The number of nitrogens with one attached hydrogen (secondary N) is 1. The van der Waals surface area contributed by atoms with Crippen LogP contribution in [0.15, 0.2) is 17.3 Å². The minimum absolute atomic E-state index is 0.0527. The van der Waals surface area contributed by atoms with Gasteiger partial charge in [0, 0.05) is 17.7 Å². The summed E-state index contributed by atoms with van der Waals surface area (Å²) in [6.45, 7) is -1.64. The van der Waals surface area contributed by atoms with Crippen LogP contribution < -0.4 is 10.1 Å². The Labute approximate surface area is 247 Å². The molecule has 0 spiro atoms. The average molecular weight is 662 g/mol. The number of halogens is 9. The zero-order valence-corrected chi connectivity index (χ0v) is 23.6. The minimum Gasteiger partial charge on any atom is -0.399 e. The van der Waals surface area contributed by atoms with Gasteiger partial charge in [-0.15, -0.1) is 0 Å². The van der Waals surface area contributed by atoms with E-state index in [0.717, 1.165) is 23.5 Å². The zero-order valence-electron chi connectivity index (χ0n) is 21.2. The summed E-state index contributed by atoms with van der Waals surface area (Å²) in [4.78, 5) is 30.9. The van der Waals surface area contributed by atoms with E-state index in [-0.39, 0.29) is 23.7 Å². The number of hydrogen-bond acceptors (Lipinski definition) is 6. The Balaban J connectivity index is 1.38. The van der Waals surface area contributed by atoms with Gasteiger partial charge in [-0.3, -0.25) is 4.79 Å². The summed E-state index contributed by atoms with van der Waals surface area (Å²) >= 11 is 12.4. The van der Waals surface area contributed by atoms with Crippen molar-refractivity contribution in [2.75, 3.05) is 13.1 Å². The number of alkyl halides is 6. The Hall–Kier alpha value is -2.78. The highest BCUT2D eigenvalue weighted by molar-refractivity contribution is 7.16. The summed E-state index contributed by atoms with van der Waals surface area (Å²) in [5.74, 6) is -1.99. The van der Waals surface area contributed by atoms with Crippen molar-refractivity contribution in [1.82, 2.24) is 10.2 Å². The Kier molecular flexibility index (Phi) is 8.07. The van der Waals surface area contributed by atoms with Gasteiger partial charge in [0.1, 0.15) is 18.3 Å².